The van der Waals surface area contributed by atoms with Crippen molar-refractivity contribution >= 4 is 17.1 Å². The summed E-state index contributed by atoms with van der Waals surface area (Å²) in [4.78, 5) is 15.1. The van der Waals surface area contributed by atoms with Crippen LogP contribution < -0.4 is 4.90 Å². The van der Waals surface area contributed by atoms with E-state index in [1.165, 1.54) is 12.1 Å². The van der Waals surface area contributed by atoms with Gasteiger partial charge in [0.2, 0.25) is 5.39 Å². The Balaban J connectivity index is 2.33. The fraction of sp³-hybridized carbons (Fsp3) is 0.400. The van der Waals surface area contributed by atoms with Gasteiger partial charge in [0.05, 0.1) is 18.1 Å². The first-order chi connectivity index (χ1) is 8.22. The number of nitro benzene ring substituents is 1. The van der Waals surface area contributed by atoms with E-state index < -0.39 is 4.92 Å². The van der Waals surface area contributed by atoms with Crippen molar-refractivity contribution < 1.29 is 9.66 Å². The summed E-state index contributed by atoms with van der Waals surface area (Å²) in [6.07, 6.45) is 0. The van der Waals surface area contributed by atoms with E-state index in [4.69, 9.17) is 10.1 Å². The van der Waals surface area contributed by atoms with Crippen LogP contribution in [-0.4, -0.2) is 31.2 Å². The van der Waals surface area contributed by atoms with Crippen LogP contribution in [0.25, 0.3) is 4.98 Å². The van der Waals surface area contributed by atoms with Gasteiger partial charge >= 0.3 is 11.4 Å². The van der Waals surface area contributed by atoms with E-state index >= 15 is 0 Å². The molecule has 1 fully saturated rings. The average molecular weight is 235 g/mol. The Labute approximate surface area is 97.4 Å². The number of nitro groups is 1. The van der Waals surface area contributed by atoms with E-state index in [-0.39, 0.29) is 11.4 Å². The summed E-state index contributed by atoms with van der Waals surface area (Å²) in [6.45, 7) is 2.62. The molecule has 17 heavy (non-hydrogen) atoms. The lowest BCUT2D eigenvalue weighted by atomic mass is 10.2. The highest BCUT2D eigenvalue weighted by molar-refractivity contribution is 5.68. The molecule has 0 saturated carbocycles. The summed E-state index contributed by atoms with van der Waals surface area (Å²) in [5.74, 6) is 0. The second-order valence-electron chi connectivity index (χ2n) is 3.63. The fourth-order valence-corrected chi connectivity index (χ4v) is 1.76. The van der Waals surface area contributed by atoms with Gasteiger partial charge < -0.3 is 9.64 Å². The number of hydrogen-bond acceptors (Lipinski definition) is 5. The molecule has 1 saturated heterocycles. The van der Waals surface area contributed by atoms with Crippen LogP contribution in [-0.2, 0) is 4.74 Å². The highest BCUT2D eigenvalue weighted by Gasteiger charge is 2.26. The topological polar surface area (TPSA) is 83.8 Å². The molecule has 1 aromatic carbocycles. The molecule has 0 unspecified atom stereocenters. The van der Waals surface area contributed by atoms with E-state index in [2.05, 4.69) is 4.98 Å². The molecule has 7 heteroatoms. The zero-order valence-electron chi connectivity index (χ0n) is 9.07. The van der Waals surface area contributed by atoms with Crippen LogP contribution in [0.3, 0.4) is 0 Å². The lowest BCUT2D eigenvalue weighted by molar-refractivity contribution is -0.383. The van der Waals surface area contributed by atoms with E-state index in [0.717, 1.165) is 5.69 Å². The molecule has 0 amide bonds. The molecule has 1 aromatic rings. The molecule has 0 radical (unpaired) electrons. The number of diazo groups is 1. The Hall–Kier alpha value is -2.20. The van der Waals surface area contributed by atoms with Crippen molar-refractivity contribution in [2.45, 2.75) is 0 Å². The van der Waals surface area contributed by atoms with E-state index in [1.807, 2.05) is 4.90 Å². The highest BCUT2D eigenvalue weighted by Crippen LogP contribution is 2.31. The average Bonchev–Trinajstić information content (AvgIpc) is 2.39. The first-order valence-electron chi connectivity index (χ1n) is 5.18. The second kappa shape index (κ2) is 4.76. The zero-order chi connectivity index (χ0) is 12.3. The number of hydrogen-bond donors (Lipinski definition) is 0. The van der Waals surface area contributed by atoms with E-state index in [1.54, 1.807) is 6.07 Å². The quantitative estimate of drug-likeness (QED) is 0.444. The van der Waals surface area contributed by atoms with Gasteiger partial charge in [-0.3, -0.25) is 10.1 Å². The number of benzene rings is 1. The number of ether oxygens (including phenoxy) is 1. The van der Waals surface area contributed by atoms with Crippen LogP contribution in [0.15, 0.2) is 18.2 Å². The summed E-state index contributed by atoms with van der Waals surface area (Å²) in [6, 6.07) is 4.55. The summed E-state index contributed by atoms with van der Waals surface area (Å²) in [5.41, 5.74) is 0.510. The molecule has 2 rings (SSSR count). The molecule has 1 heterocycles. The molecule has 0 spiro atoms. The fourth-order valence-electron chi connectivity index (χ4n) is 1.76. The van der Waals surface area contributed by atoms with Crippen LogP contribution in [0.2, 0.25) is 0 Å². The van der Waals surface area contributed by atoms with Gasteiger partial charge in [0.1, 0.15) is 0 Å². The number of rotatable bonds is 2. The number of anilines is 1. The largest absolute Gasteiger partial charge is 0.461 e. The Morgan fingerprint density at radius 2 is 2.12 bits per heavy atom. The Morgan fingerprint density at radius 1 is 1.41 bits per heavy atom. The molecule has 0 aromatic heterocycles. The molecule has 7 nitrogen and oxygen atoms in total. The van der Waals surface area contributed by atoms with Crippen molar-refractivity contribution in [1.82, 2.24) is 0 Å². The number of morpholine rings is 1. The van der Waals surface area contributed by atoms with Gasteiger partial charge in [-0.1, -0.05) is 0 Å². The Kier molecular flexibility index (Phi) is 3.16. The molecule has 0 N–H and O–H groups in total. The minimum atomic E-state index is -0.557. The molecule has 0 aliphatic carbocycles. The van der Waals surface area contributed by atoms with E-state index in [0.29, 0.717) is 26.3 Å². The van der Waals surface area contributed by atoms with Gasteiger partial charge in [0.15, 0.2) is 4.98 Å². The maximum absolute atomic E-state index is 10.8. The van der Waals surface area contributed by atoms with Crippen LogP contribution in [0.5, 0.6) is 0 Å². The molecule has 1 aliphatic heterocycles. The van der Waals surface area contributed by atoms with Gasteiger partial charge in [-0.05, 0) is 6.07 Å². The molecule has 0 bridgehead atoms. The Bertz CT molecular complexity index is 477. The van der Waals surface area contributed by atoms with Crippen molar-refractivity contribution in [3.63, 3.8) is 0 Å². The zero-order valence-corrected chi connectivity index (χ0v) is 9.07. The maximum Gasteiger partial charge on any atom is 0.461 e. The van der Waals surface area contributed by atoms with Crippen molar-refractivity contribution in [2.75, 3.05) is 31.2 Å². The standard InChI is InChI=1S/C10H11N4O3/c11-12-9-2-1-8(7-10(9)14(15)16)13-3-5-17-6-4-13/h1-2,7H,3-6H2/q+1. The van der Waals surface area contributed by atoms with Crippen molar-refractivity contribution in [1.29, 1.82) is 5.39 Å². The van der Waals surface area contributed by atoms with Gasteiger partial charge in [-0.2, -0.15) is 0 Å². The summed E-state index contributed by atoms with van der Waals surface area (Å²) >= 11 is 0. The SMILES string of the molecule is N#[N+]c1ccc(N2CCOCC2)cc1[N+](=O)[O-]. The summed E-state index contributed by atoms with van der Waals surface area (Å²) in [7, 11) is 0. The van der Waals surface area contributed by atoms with Crippen LogP contribution in [0.1, 0.15) is 0 Å². The molecular formula is C10H11N4O3+. The minimum Gasteiger partial charge on any atom is -0.378 e. The first kappa shape index (κ1) is 11.3. The van der Waals surface area contributed by atoms with E-state index in [9.17, 15) is 10.1 Å². The Morgan fingerprint density at radius 3 is 2.71 bits per heavy atom. The lowest BCUT2D eigenvalue weighted by Crippen LogP contribution is -2.36. The maximum atomic E-state index is 10.8. The third kappa shape index (κ3) is 2.32. The third-order valence-corrected chi connectivity index (χ3v) is 2.64. The van der Waals surface area contributed by atoms with Crippen molar-refractivity contribution in [2.24, 2.45) is 0 Å². The predicted octanol–water partition coefficient (Wildman–Crippen LogP) is 1.92. The molecular weight excluding hydrogens is 224 g/mol. The molecule has 0 atom stereocenters. The van der Waals surface area contributed by atoms with Gasteiger partial charge in [0, 0.05) is 30.9 Å². The summed E-state index contributed by atoms with van der Waals surface area (Å²) < 4.78 is 5.21. The predicted molar refractivity (Wildman–Crippen MR) is 60.9 cm³/mol. The molecule has 1 aliphatic rings. The van der Waals surface area contributed by atoms with Crippen molar-refractivity contribution in [3.05, 3.63) is 33.3 Å². The van der Waals surface area contributed by atoms with Gasteiger partial charge in [-0.25, -0.2) is 0 Å². The smallest absolute Gasteiger partial charge is 0.378 e. The normalized spacial score (nSPS) is 15.4. The second-order valence-corrected chi connectivity index (χ2v) is 3.63. The lowest BCUT2D eigenvalue weighted by Gasteiger charge is -2.28. The third-order valence-electron chi connectivity index (χ3n) is 2.64. The first-order valence-corrected chi connectivity index (χ1v) is 5.18. The van der Waals surface area contributed by atoms with Gasteiger partial charge in [0.25, 0.3) is 0 Å². The minimum absolute atomic E-state index is 0.0352. The van der Waals surface area contributed by atoms with Crippen LogP contribution in [0.4, 0.5) is 17.1 Å². The highest BCUT2D eigenvalue weighted by atomic mass is 16.6. The molecule has 88 valence electrons. The van der Waals surface area contributed by atoms with Crippen LogP contribution >= 0.6 is 0 Å². The summed E-state index contributed by atoms with van der Waals surface area (Å²) in [5, 5.41) is 19.5. The number of nitrogens with zero attached hydrogens (tertiary/aromatic N) is 4. The van der Waals surface area contributed by atoms with Gasteiger partial charge in [-0.15, -0.1) is 0 Å². The van der Waals surface area contributed by atoms with Crippen LogP contribution in [0, 0.1) is 15.5 Å². The van der Waals surface area contributed by atoms with Crippen molar-refractivity contribution in [3.8, 4) is 0 Å². The monoisotopic (exact) mass is 235 g/mol.